The predicted molar refractivity (Wildman–Crippen MR) is 163 cm³/mol. The lowest BCUT2D eigenvalue weighted by atomic mass is 10.0. The van der Waals surface area contributed by atoms with Gasteiger partial charge in [-0.1, -0.05) is 24.3 Å². The molecule has 0 aliphatic carbocycles. The van der Waals surface area contributed by atoms with E-state index in [9.17, 15) is 18.1 Å². The first-order chi connectivity index (χ1) is 20.1. The number of aryl methyl sites for hydroxylation is 2. The quantitative estimate of drug-likeness (QED) is 0.139. The highest BCUT2D eigenvalue weighted by Gasteiger charge is 2.13. The second-order valence-electron chi connectivity index (χ2n) is 9.62. The molecule has 5 aromatic carbocycles. The number of ether oxygens (including phenoxy) is 1. The molecule has 0 aliphatic rings. The van der Waals surface area contributed by atoms with Crippen LogP contribution in [0.5, 0.6) is 11.5 Å². The normalized spacial score (nSPS) is 12.0. The fraction of sp³-hybridized carbons (Fsp3) is 0.125. The molecule has 0 aromatic heterocycles. The van der Waals surface area contributed by atoms with E-state index >= 15 is 0 Å². The first-order valence-electron chi connectivity index (χ1n) is 13.1. The van der Waals surface area contributed by atoms with E-state index in [0.717, 1.165) is 39.4 Å². The van der Waals surface area contributed by atoms with Crippen molar-refractivity contribution in [2.75, 3.05) is 6.61 Å². The van der Waals surface area contributed by atoms with Crippen molar-refractivity contribution >= 4 is 43.6 Å². The second kappa shape index (κ2) is 11.9. The number of hydrogen-bond donors (Lipinski definition) is 2. The van der Waals surface area contributed by atoms with Crippen LogP contribution in [-0.2, 0) is 10.1 Å². The molecule has 0 saturated carbocycles. The van der Waals surface area contributed by atoms with Crippen LogP contribution in [0.25, 0.3) is 21.9 Å². The summed E-state index contributed by atoms with van der Waals surface area (Å²) in [6, 6.07) is 26.2. The van der Waals surface area contributed by atoms with E-state index in [-0.39, 0.29) is 16.3 Å². The minimum Gasteiger partial charge on any atom is -0.506 e. The number of phenolic OH excluding ortho intramolecular Hbond substituents is 1. The largest absolute Gasteiger partial charge is 0.506 e. The Labute approximate surface area is 243 Å². The van der Waals surface area contributed by atoms with E-state index in [0.29, 0.717) is 23.1 Å². The van der Waals surface area contributed by atoms with Crippen molar-refractivity contribution in [1.82, 2.24) is 0 Å². The Bertz CT molecular complexity index is 1950. The van der Waals surface area contributed by atoms with E-state index in [1.165, 1.54) is 24.3 Å². The highest BCUT2D eigenvalue weighted by molar-refractivity contribution is 7.85. The molecule has 9 nitrogen and oxygen atoms in total. The molecule has 0 unspecified atom stereocenters. The molecule has 0 aliphatic heterocycles. The Morgan fingerprint density at radius 1 is 0.714 bits per heavy atom. The Hall–Kier alpha value is -4.93. The van der Waals surface area contributed by atoms with Gasteiger partial charge < -0.3 is 9.84 Å². The SMILES string of the molecule is CCOc1ccc(N=Nc2ccc(-c3ccc(N=Nc4c(O)ccc5cc(S(=O)(=O)O)ccc45)c(C)c3)cc2C)cc1. The number of azo groups is 2. The fourth-order valence-electron chi connectivity index (χ4n) is 4.43. The van der Waals surface area contributed by atoms with Gasteiger partial charge in [-0.3, -0.25) is 4.55 Å². The summed E-state index contributed by atoms with van der Waals surface area (Å²) in [5.41, 5.74) is 6.19. The Morgan fingerprint density at radius 2 is 1.33 bits per heavy atom. The number of nitrogens with zero attached hydrogens (tertiary/aromatic N) is 4. The third-order valence-electron chi connectivity index (χ3n) is 6.64. The van der Waals surface area contributed by atoms with Crippen LogP contribution in [-0.4, -0.2) is 24.7 Å². The van der Waals surface area contributed by atoms with Crippen LogP contribution in [0.4, 0.5) is 22.7 Å². The molecule has 0 amide bonds. The fourth-order valence-corrected chi connectivity index (χ4v) is 4.95. The Kier molecular flexibility index (Phi) is 8.10. The molecule has 212 valence electrons. The van der Waals surface area contributed by atoms with Gasteiger partial charge in [-0.05, 0) is 115 Å². The minimum absolute atomic E-state index is 0.102. The molecule has 0 spiro atoms. The molecule has 5 aromatic rings. The summed E-state index contributed by atoms with van der Waals surface area (Å²) in [6.07, 6.45) is 0. The van der Waals surface area contributed by atoms with Gasteiger partial charge in [0, 0.05) is 5.39 Å². The standard InChI is InChI=1S/C32H28N4O5S/c1-4-41-26-10-8-25(9-11-26)33-34-29-14-5-22(17-20(29)2)23-6-15-30(21(3)18-23)35-36-32-28-13-12-27(42(38,39)40)19-24(28)7-16-31(32)37/h5-19,37H,4H2,1-3H3,(H,38,39,40). The van der Waals surface area contributed by atoms with Gasteiger partial charge in [0.1, 0.15) is 17.2 Å². The van der Waals surface area contributed by atoms with Gasteiger partial charge in [-0.15, -0.1) is 5.11 Å². The molecule has 0 saturated heterocycles. The van der Waals surface area contributed by atoms with Gasteiger partial charge in [-0.25, -0.2) is 0 Å². The van der Waals surface area contributed by atoms with Gasteiger partial charge in [0.05, 0.1) is 28.6 Å². The van der Waals surface area contributed by atoms with Crippen molar-refractivity contribution in [3.05, 3.63) is 102 Å². The summed E-state index contributed by atoms with van der Waals surface area (Å²) in [4.78, 5) is -0.242. The summed E-state index contributed by atoms with van der Waals surface area (Å²) < 4.78 is 37.8. The van der Waals surface area contributed by atoms with Crippen molar-refractivity contribution in [3.63, 3.8) is 0 Å². The van der Waals surface area contributed by atoms with Gasteiger partial charge >= 0.3 is 0 Å². The van der Waals surface area contributed by atoms with Crippen molar-refractivity contribution in [2.24, 2.45) is 20.5 Å². The summed E-state index contributed by atoms with van der Waals surface area (Å²) in [5, 5.41) is 28.8. The zero-order valence-electron chi connectivity index (χ0n) is 23.2. The number of hydrogen-bond acceptors (Lipinski definition) is 8. The lowest BCUT2D eigenvalue weighted by Crippen LogP contribution is -1.97. The average molecular weight is 581 g/mol. The Balaban J connectivity index is 1.36. The number of benzene rings is 5. The van der Waals surface area contributed by atoms with Crippen LogP contribution in [0.2, 0.25) is 0 Å². The van der Waals surface area contributed by atoms with E-state index in [1.54, 1.807) is 6.07 Å². The Morgan fingerprint density at radius 3 is 1.90 bits per heavy atom. The zero-order valence-corrected chi connectivity index (χ0v) is 24.0. The molecular formula is C32H28N4O5S. The van der Waals surface area contributed by atoms with Crippen LogP contribution in [0.15, 0.2) is 116 Å². The summed E-state index contributed by atoms with van der Waals surface area (Å²) in [5.74, 6) is 0.693. The van der Waals surface area contributed by atoms with Gasteiger partial charge in [0.2, 0.25) is 0 Å². The maximum absolute atomic E-state index is 11.5. The lowest BCUT2D eigenvalue weighted by Gasteiger charge is -2.08. The lowest BCUT2D eigenvalue weighted by molar-refractivity contribution is 0.340. The third kappa shape index (κ3) is 6.35. The van der Waals surface area contributed by atoms with E-state index in [1.807, 2.05) is 75.4 Å². The van der Waals surface area contributed by atoms with Gasteiger partial charge in [-0.2, -0.15) is 23.8 Å². The predicted octanol–water partition coefficient (Wildman–Crippen LogP) is 9.31. The highest BCUT2D eigenvalue weighted by atomic mass is 32.2. The highest BCUT2D eigenvalue weighted by Crippen LogP contribution is 2.38. The first kappa shape index (κ1) is 28.6. The van der Waals surface area contributed by atoms with Crippen LogP contribution >= 0.6 is 0 Å². The summed E-state index contributed by atoms with van der Waals surface area (Å²) in [7, 11) is -4.36. The van der Waals surface area contributed by atoms with Crippen molar-refractivity contribution in [1.29, 1.82) is 0 Å². The maximum Gasteiger partial charge on any atom is 0.294 e. The van der Waals surface area contributed by atoms with Crippen LogP contribution in [0, 0.1) is 13.8 Å². The van der Waals surface area contributed by atoms with Crippen LogP contribution in [0.3, 0.4) is 0 Å². The zero-order chi connectivity index (χ0) is 29.9. The van der Waals surface area contributed by atoms with Crippen molar-refractivity contribution in [2.45, 2.75) is 25.7 Å². The summed E-state index contributed by atoms with van der Waals surface area (Å²) >= 11 is 0. The van der Waals surface area contributed by atoms with Gasteiger partial charge in [0.15, 0.2) is 0 Å². The van der Waals surface area contributed by atoms with Crippen LogP contribution in [0.1, 0.15) is 18.1 Å². The molecule has 2 N–H and O–H groups in total. The van der Waals surface area contributed by atoms with Gasteiger partial charge in [0.25, 0.3) is 10.1 Å². The third-order valence-corrected chi connectivity index (χ3v) is 7.49. The van der Waals surface area contributed by atoms with E-state index in [2.05, 4.69) is 26.5 Å². The molecule has 0 radical (unpaired) electrons. The number of rotatable bonds is 8. The molecular weight excluding hydrogens is 552 g/mol. The molecule has 0 bridgehead atoms. The topological polar surface area (TPSA) is 133 Å². The first-order valence-corrected chi connectivity index (χ1v) is 14.6. The minimum atomic E-state index is -4.36. The summed E-state index contributed by atoms with van der Waals surface area (Å²) in [6.45, 7) is 6.46. The second-order valence-corrected chi connectivity index (χ2v) is 11.0. The molecule has 42 heavy (non-hydrogen) atoms. The molecule has 10 heteroatoms. The maximum atomic E-state index is 11.5. The van der Waals surface area contributed by atoms with Crippen molar-refractivity contribution < 1.29 is 22.8 Å². The number of phenols is 1. The molecule has 0 fully saturated rings. The average Bonchev–Trinajstić information content (AvgIpc) is 2.97. The molecule has 5 rings (SSSR count). The van der Waals surface area contributed by atoms with E-state index < -0.39 is 10.1 Å². The molecule has 0 heterocycles. The molecule has 0 atom stereocenters. The van der Waals surface area contributed by atoms with Crippen LogP contribution < -0.4 is 4.74 Å². The number of fused-ring (bicyclic) bond motifs is 1. The smallest absolute Gasteiger partial charge is 0.294 e. The van der Waals surface area contributed by atoms with E-state index in [4.69, 9.17) is 4.74 Å². The number of aromatic hydroxyl groups is 1. The monoisotopic (exact) mass is 580 g/mol. The van der Waals surface area contributed by atoms with Crippen molar-refractivity contribution in [3.8, 4) is 22.6 Å².